The van der Waals surface area contributed by atoms with E-state index in [9.17, 15) is 13.2 Å². The molecule has 1 unspecified atom stereocenters. The molecule has 0 saturated carbocycles. The third-order valence-corrected chi connectivity index (χ3v) is 3.62. The van der Waals surface area contributed by atoms with Crippen molar-refractivity contribution in [2.24, 2.45) is 0 Å². The number of hydrogen-bond donors (Lipinski definition) is 1. The van der Waals surface area contributed by atoms with Gasteiger partial charge in [-0.2, -0.15) is 0 Å². The largest absolute Gasteiger partial charge is 0.306 e. The van der Waals surface area contributed by atoms with Crippen molar-refractivity contribution in [1.29, 1.82) is 0 Å². The smallest absolute Gasteiger partial charge is 0.194 e. The highest BCUT2D eigenvalue weighted by Crippen LogP contribution is 2.30. The second-order valence-electron chi connectivity index (χ2n) is 5.06. The summed E-state index contributed by atoms with van der Waals surface area (Å²) in [6.07, 6.45) is 0. The third kappa shape index (κ3) is 2.95. The van der Waals surface area contributed by atoms with E-state index in [-0.39, 0.29) is 5.56 Å². The highest BCUT2D eigenvalue weighted by molar-refractivity contribution is 5.42. The third-order valence-electron chi connectivity index (χ3n) is 3.62. The zero-order valence-electron chi connectivity index (χ0n) is 12.3. The molecule has 0 bridgehead atoms. The molecule has 0 spiro atoms. The number of benzene rings is 2. The van der Waals surface area contributed by atoms with Gasteiger partial charge in [0.2, 0.25) is 0 Å². The van der Waals surface area contributed by atoms with Crippen molar-refractivity contribution in [2.45, 2.75) is 26.8 Å². The first kappa shape index (κ1) is 15.6. The molecule has 0 aliphatic rings. The number of nitrogens with one attached hydrogen (secondary N) is 1. The minimum Gasteiger partial charge on any atom is -0.306 e. The Balaban J connectivity index is 2.62. The lowest BCUT2D eigenvalue weighted by atomic mass is 9.91. The summed E-state index contributed by atoms with van der Waals surface area (Å²) in [6.45, 7) is 6.31. The van der Waals surface area contributed by atoms with Crippen LogP contribution in [0, 0.1) is 31.3 Å². The summed E-state index contributed by atoms with van der Waals surface area (Å²) in [5.41, 5.74) is 2.97. The van der Waals surface area contributed by atoms with Crippen LogP contribution in [0.2, 0.25) is 0 Å². The Morgan fingerprint density at radius 1 is 0.952 bits per heavy atom. The molecule has 0 amide bonds. The maximum absolute atomic E-state index is 14.1. The lowest BCUT2D eigenvalue weighted by Crippen LogP contribution is -2.25. The van der Waals surface area contributed by atoms with Crippen molar-refractivity contribution >= 4 is 0 Å². The molecule has 2 aromatic carbocycles. The molecule has 0 fully saturated rings. The molecule has 1 N–H and O–H groups in total. The lowest BCUT2D eigenvalue weighted by molar-refractivity contribution is 0.433. The van der Waals surface area contributed by atoms with Crippen LogP contribution in [0.3, 0.4) is 0 Å². The van der Waals surface area contributed by atoms with Crippen LogP contribution in [0.1, 0.15) is 35.2 Å². The van der Waals surface area contributed by atoms with Gasteiger partial charge >= 0.3 is 0 Å². The Hall–Kier alpha value is -1.81. The van der Waals surface area contributed by atoms with Gasteiger partial charge in [0, 0.05) is 5.56 Å². The average Bonchev–Trinajstić information content (AvgIpc) is 2.44. The molecule has 0 saturated heterocycles. The Morgan fingerprint density at radius 2 is 1.57 bits per heavy atom. The van der Waals surface area contributed by atoms with Crippen LogP contribution in [-0.2, 0) is 0 Å². The van der Waals surface area contributed by atoms with Gasteiger partial charge in [-0.15, -0.1) is 0 Å². The topological polar surface area (TPSA) is 12.0 Å². The predicted octanol–water partition coefficient (Wildman–Crippen LogP) is 4.42. The molecule has 0 aromatic heterocycles. The van der Waals surface area contributed by atoms with Gasteiger partial charge in [-0.25, -0.2) is 13.2 Å². The van der Waals surface area contributed by atoms with E-state index in [1.807, 2.05) is 39.0 Å². The Labute approximate surface area is 122 Å². The van der Waals surface area contributed by atoms with Crippen molar-refractivity contribution in [2.75, 3.05) is 6.54 Å². The van der Waals surface area contributed by atoms with Crippen molar-refractivity contribution in [3.8, 4) is 0 Å². The summed E-state index contributed by atoms with van der Waals surface area (Å²) >= 11 is 0. The highest BCUT2D eigenvalue weighted by atomic mass is 19.2. The van der Waals surface area contributed by atoms with Gasteiger partial charge in [0.15, 0.2) is 17.5 Å². The standard InChI is InChI=1S/C17H18F3N/c1-4-21-17(14-10(2)6-5-7-11(14)3)12-8-9-13(18)16(20)15(12)19/h5-9,17,21H,4H2,1-3H3. The van der Waals surface area contributed by atoms with E-state index in [4.69, 9.17) is 0 Å². The van der Waals surface area contributed by atoms with Gasteiger partial charge < -0.3 is 5.32 Å². The fourth-order valence-electron chi connectivity index (χ4n) is 2.62. The molecule has 0 aliphatic heterocycles. The van der Waals surface area contributed by atoms with E-state index in [1.165, 1.54) is 6.07 Å². The Morgan fingerprint density at radius 3 is 2.14 bits per heavy atom. The number of rotatable bonds is 4. The summed E-state index contributed by atoms with van der Waals surface area (Å²) in [4.78, 5) is 0. The highest BCUT2D eigenvalue weighted by Gasteiger charge is 2.23. The predicted molar refractivity (Wildman–Crippen MR) is 77.8 cm³/mol. The zero-order valence-corrected chi connectivity index (χ0v) is 12.3. The second kappa shape index (κ2) is 6.31. The van der Waals surface area contributed by atoms with E-state index < -0.39 is 23.5 Å². The van der Waals surface area contributed by atoms with E-state index in [0.29, 0.717) is 6.54 Å². The van der Waals surface area contributed by atoms with Crippen LogP contribution < -0.4 is 5.32 Å². The molecule has 1 atom stereocenters. The Bertz CT molecular complexity index is 632. The van der Waals surface area contributed by atoms with E-state index >= 15 is 0 Å². The maximum atomic E-state index is 14.1. The average molecular weight is 293 g/mol. The molecular formula is C17H18F3N. The van der Waals surface area contributed by atoms with Crippen LogP contribution in [-0.4, -0.2) is 6.54 Å². The van der Waals surface area contributed by atoms with Crippen LogP contribution in [0.5, 0.6) is 0 Å². The molecule has 4 heteroatoms. The molecule has 0 aliphatic carbocycles. The van der Waals surface area contributed by atoms with Crippen molar-refractivity contribution < 1.29 is 13.2 Å². The van der Waals surface area contributed by atoms with E-state index in [2.05, 4.69) is 5.32 Å². The first-order chi connectivity index (χ1) is 9.97. The first-order valence-electron chi connectivity index (χ1n) is 6.90. The van der Waals surface area contributed by atoms with Gasteiger partial charge in [-0.3, -0.25) is 0 Å². The fourth-order valence-corrected chi connectivity index (χ4v) is 2.62. The monoisotopic (exact) mass is 293 g/mol. The SMILES string of the molecule is CCNC(c1ccc(F)c(F)c1F)c1c(C)cccc1C. The molecule has 112 valence electrons. The molecule has 2 aromatic rings. The summed E-state index contributed by atoms with van der Waals surface area (Å²) in [6, 6.07) is 7.51. The first-order valence-corrected chi connectivity index (χ1v) is 6.90. The van der Waals surface area contributed by atoms with Crippen LogP contribution in [0.15, 0.2) is 30.3 Å². The van der Waals surface area contributed by atoms with E-state index in [1.54, 1.807) is 0 Å². The van der Waals surface area contributed by atoms with Crippen LogP contribution in [0.25, 0.3) is 0 Å². The summed E-state index contributed by atoms with van der Waals surface area (Å²) in [5, 5.41) is 3.16. The number of aryl methyl sites for hydroxylation is 2. The molecule has 0 heterocycles. The van der Waals surface area contributed by atoms with Gasteiger partial charge in [-0.05, 0) is 43.1 Å². The zero-order chi connectivity index (χ0) is 15.6. The van der Waals surface area contributed by atoms with Gasteiger partial charge in [-0.1, -0.05) is 31.2 Å². The summed E-state index contributed by atoms with van der Waals surface area (Å²) in [7, 11) is 0. The lowest BCUT2D eigenvalue weighted by Gasteiger charge is -2.23. The molecule has 21 heavy (non-hydrogen) atoms. The van der Waals surface area contributed by atoms with Gasteiger partial charge in [0.1, 0.15) is 0 Å². The van der Waals surface area contributed by atoms with E-state index in [0.717, 1.165) is 22.8 Å². The second-order valence-corrected chi connectivity index (χ2v) is 5.06. The Kier molecular flexibility index (Phi) is 4.68. The van der Waals surface area contributed by atoms with Crippen LogP contribution in [0.4, 0.5) is 13.2 Å². The fraction of sp³-hybridized carbons (Fsp3) is 0.294. The molecule has 0 radical (unpaired) electrons. The summed E-state index contributed by atoms with van der Waals surface area (Å²) in [5.74, 6) is -3.74. The quantitative estimate of drug-likeness (QED) is 0.823. The van der Waals surface area contributed by atoms with Crippen LogP contribution >= 0.6 is 0 Å². The van der Waals surface area contributed by atoms with Crippen molar-refractivity contribution in [3.63, 3.8) is 0 Å². The van der Waals surface area contributed by atoms with Gasteiger partial charge in [0.05, 0.1) is 6.04 Å². The number of halogens is 3. The molecule has 2 rings (SSSR count). The maximum Gasteiger partial charge on any atom is 0.194 e. The van der Waals surface area contributed by atoms with Crippen molar-refractivity contribution in [3.05, 3.63) is 70.0 Å². The minimum atomic E-state index is -1.43. The van der Waals surface area contributed by atoms with Crippen molar-refractivity contribution in [1.82, 2.24) is 5.32 Å². The molecular weight excluding hydrogens is 275 g/mol. The van der Waals surface area contributed by atoms with Gasteiger partial charge in [0.25, 0.3) is 0 Å². The normalized spacial score (nSPS) is 12.5. The summed E-state index contributed by atoms with van der Waals surface area (Å²) < 4.78 is 40.8. The number of hydrogen-bond acceptors (Lipinski definition) is 1. The molecule has 1 nitrogen and oxygen atoms in total. The minimum absolute atomic E-state index is 0.119.